The van der Waals surface area contributed by atoms with Crippen LogP contribution in [0.3, 0.4) is 0 Å². The molecule has 0 unspecified atom stereocenters. The van der Waals surface area contributed by atoms with Crippen molar-refractivity contribution in [2.75, 3.05) is 5.32 Å². The molecule has 0 heterocycles. The molecular formula is C9H7BrF3NO4S. The van der Waals surface area contributed by atoms with E-state index in [2.05, 4.69) is 25.4 Å². The molecule has 0 aliphatic heterocycles. The van der Waals surface area contributed by atoms with Gasteiger partial charge in [-0.1, -0.05) is 0 Å². The van der Waals surface area contributed by atoms with E-state index in [0.717, 1.165) is 12.1 Å². The summed E-state index contributed by atoms with van der Waals surface area (Å²) < 4.78 is 61.9. The Morgan fingerprint density at radius 3 is 2.37 bits per heavy atom. The molecule has 0 radical (unpaired) electrons. The number of benzene rings is 1. The zero-order valence-electron chi connectivity index (χ0n) is 9.29. The third-order valence-corrected chi connectivity index (χ3v) is 3.38. The zero-order valence-corrected chi connectivity index (χ0v) is 11.7. The van der Waals surface area contributed by atoms with E-state index >= 15 is 0 Å². The molecule has 0 bridgehead atoms. The van der Waals surface area contributed by atoms with Crippen molar-refractivity contribution >= 4 is 37.6 Å². The number of carbonyl (C=O) groups is 1. The second-order valence-electron chi connectivity index (χ2n) is 3.31. The Bertz CT molecular complexity index is 600. The molecule has 1 aromatic carbocycles. The minimum Gasteiger partial charge on any atom is -0.376 e. The molecule has 1 rings (SSSR count). The number of anilines is 1. The van der Waals surface area contributed by atoms with E-state index in [1.165, 1.54) is 13.0 Å². The molecule has 1 aromatic rings. The zero-order chi connectivity index (χ0) is 14.8. The second kappa shape index (κ2) is 5.37. The number of halogens is 4. The van der Waals surface area contributed by atoms with Crippen molar-refractivity contribution in [3.05, 3.63) is 22.7 Å². The third kappa shape index (κ3) is 4.10. The second-order valence-corrected chi connectivity index (χ2v) is 5.70. The van der Waals surface area contributed by atoms with Gasteiger partial charge in [-0.3, -0.25) is 4.79 Å². The van der Waals surface area contributed by atoms with Crippen LogP contribution in [0.1, 0.15) is 6.92 Å². The molecule has 0 saturated carbocycles. The number of amides is 1. The minimum absolute atomic E-state index is 0.178. The summed E-state index contributed by atoms with van der Waals surface area (Å²) in [5.41, 5.74) is -5.24. The summed E-state index contributed by atoms with van der Waals surface area (Å²) in [6.45, 7) is 1.24. The van der Waals surface area contributed by atoms with Crippen molar-refractivity contribution in [3.63, 3.8) is 0 Å². The molecule has 1 amide bonds. The molecule has 0 spiro atoms. The van der Waals surface area contributed by atoms with Crippen LogP contribution >= 0.6 is 15.9 Å². The highest BCUT2D eigenvalue weighted by molar-refractivity contribution is 9.10. The summed E-state index contributed by atoms with van der Waals surface area (Å²) in [5, 5.41) is 2.38. The van der Waals surface area contributed by atoms with Crippen LogP contribution in [0.2, 0.25) is 0 Å². The Labute approximate surface area is 115 Å². The number of hydrogen-bond donors (Lipinski definition) is 1. The number of carbonyl (C=O) groups excluding carboxylic acids is 1. The first kappa shape index (κ1) is 15.8. The van der Waals surface area contributed by atoms with E-state index in [4.69, 9.17) is 0 Å². The summed E-state index contributed by atoms with van der Waals surface area (Å²) >= 11 is 2.96. The van der Waals surface area contributed by atoms with Gasteiger partial charge in [0.05, 0.1) is 5.69 Å². The normalized spacial score (nSPS) is 12.1. The lowest BCUT2D eigenvalue weighted by Crippen LogP contribution is -2.28. The van der Waals surface area contributed by atoms with Gasteiger partial charge in [0, 0.05) is 11.4 Å². The van der Waals surface area contributed by atoms with Crippen LogP contribution in [0.25, 0.3) is 0 Å². The van der Waals surface area contributed by atoms with Crippen molar-refractivity contribution in [1.29, 1.82) is 0 Å². The Morgan fingerprint density at radius 1 is 1.37 bits per heavy atom. The average Bonchev–Trinajstić information content (AvgIpc) is 2.19. The lowest BCUT2D eigenvalue weighted by atomic mass is 10.3. The van der Waals surface area contributed by atoms with E-state index in [-0.39, 0.29) is 10.2 Å². The highest BCUT2D eigenvalue weighted by Gasteiger charge is 2.48. The van der Waals surface area contributed by atoms with E-state index < -0.39 is 27.3 Å². The van der Waals surface area contributed by atoms with E-state index in [1.807, 2.05) is 0 Å². The van der Waals surface area contributed by atoms with Crippen molar-refractivity contribution in [3.8, 4) is 5.75 Å². The number of nitrogens with one attached hydrogen (secondary N) is 1. The number of alkyl halides is 3. The van der Waals surface area contributed by atoms with Crippen molar-refractivity contribution < 1.29 is 30.6 Å². The minimum atomic E-state index is -5.71. The average molecular weight is 362 g/mol. The molecule has 0 saturated heterocycles. The lowest BCUT2D eigenvalue weighted by Gasteiger charge is -2.11. The standard InChI is InChI=1S/C9H7BrF3NO4S/c1-5(15)14-8-3-2-6(4-7(8)10)18-19(16,17)9(11,12)13/h2-4H,1H3,(H,14,15). The molecule has 10 heteroatoms. The SMILES string of the molecule is CC(=O)Nc1ccc(OS(=O)(=O)C(F)(F)F)cc1Br. The molecule has 1 N–H and O–H groups in total. The Balaban J connectivity index is 3.00. The van der Waals surface area contributed by atoms with Crippen molar-refractivity contribution in [1.82, 2.24) is 0 Å². The molecule has 0 aliphatic carbocycles. The summed E-state index contributed by atoms with van der Waals surface area (Å²) in [4.78, 5) is 10.8. The fraction of sp³-hybridized carbons (Fsp3) is 0.222. The maximum atomic E-state index is 12.1. The monoisotopic (exact) mass is 361 g/mol. The maximum absolute atomic E-state index is 12.1. The summed E-state index contributed by atoms with van der Waals surface area (Å²) in [5.74, 6) is -0.921. The van der Waals surface area contributed by atoms with Gasteiger partial charge in [-0.05, 0) is 34.1 Å². The largest absolute Gasteiger partial charge is 0.534 e. The predicted octanol–water partition coefficient (Wildman–Crippen LogP) is 2.64. The maximum Gasteiger partial charge on any atom is 0.534 e. The molecule has 19 heavy (non-hydrogen) atoms. The Morgan fingerprint density at radius 2 is 1.95 bits per heavy atom. The van der Waals surface area contributed by atoms with Crippen LogP contribution in [0.5, 0.6) is 5.75 Å². The van der Waals surface area contributed by atoms with E-state index in [0.29, 0.717) is 0 Å². The first-order valence-corrected chi connectivity index (χ1v) is 6.81. The van der Waals surface area contributed by atoms with Gasteiger partial charge < -0.3 is 9.50 Å². The van der Waals surface area contributed by atoms with Gasteiger partial charge in [-0.15, -0.1) is 0 Å². The molecule has 0 atom stereocenters. The van der Waals surface area contributed by atoms with Gasteiger partial charge in [0.15, 0.2) is 0 Å². The lowest BCUT2D eigenvalue weighted by molar-refractivity contribution is -0.114. The third-order valence-electron chi connectivity index (χ3n) is 1.74. The van der Waals surface area contributed by atoms with Crippen LogP contribution < -0.4 is 9.50 Å². The van der Waals surface area contributed by atoms with Crippen LogP contribution in [0.15, 0.2) is 22.7 Å². The van der Waals surface area contributed by atoms with Crippen molar-refractivity contribution in [2.45, 2.75) is 12.4 Å². The van der Waals surface area contributed by atoms with E-state index in [9.17, 15) is 26.4 Å². The van der Waals surface area contributed by atoms with Gasteiger partial charge in [0.1, 0.15) is 5.75 Å². The Kier molecular flexibility index (Phi) is 4.46. The van der Waals surface area contributed by atoms with Crippen LogP contribution in [0, 0.1) is 0 Å². The van der Waals surface area contributed by atoms with Gasteiger partial charge in [-0.2, -0.15) is 21.6 Å². The fourth-order valence-electron chi connectivity index (χ4n) is 1.01. The fourth-order valence-corrected chi connectivity index (χ4v) is 1.92. The summed E-state index contributed by atoms with van der Waals surface area (Å²) in [6, 6.07) is 3.18. The quantitative estimate of drug-likeness (QED) is 0.663. The number of rotatable bonds is 3. The predicted molar refractivity (Wildman–Crippen MR) is 64.0 cm³/mol. The molecule has 5 nitrogen and oxygen atoms in total. The van der Waals surface area contributed by atoms with Crippen LogP contribution in [-0.2, 0) is 14.9 Å². The highest BCUT2D eigenvalue weighted by atomic mass is 79.9. The van der Waals surface area contributed by atoms with Crippen LogP contribution in [0.4, 0.5) is 18.9 Å². The molecular weight excluding hydrogens is 355 g/mol. The summed E-state index contributed by atoms with van der Waals surface area (Å²) in [6.07, 6.45) is 0. The van der Waals surface area contributed by atoms with Gasteiger partial charge >= 0.3 is 15.6 Å². The molecule has 106 valence electrons. The highest BCUT2D eigenvalue weighted by Crippen LogP contribution is 2.31. The molecule has 0 aliphatic rings. The topological polar surface area (TPSA) is 72.5 Å². The van der Waals surface area contributed by atoms with E-state index in [1.54, 1.807) is 0 Å². The van der Waals surface area contributed by atoms with Gasteiger partial charge in [0.25, 0.3) is 0 Å². The van der Waals surface area contributed by atoms with Crippen molar-refractivity contribution in [2.24, 2.45) is 0 Å². The summed E-state index contributed by atoms with van der Waals surface area (Å²) in [7, 11) is -5.71. The first-order chi connectivity index (χ1) is 8.53. The van der Waals surface area contributed by atoms with Gasteiger partial charge in [-0.25, -0.2) is 0 Å². The van der Waals surface area contributed by atoms with Crippen LogP contribution in [-0.4, -0.2) is 19.8 Å². The molecule has 0 aromatic heterocycles. The number of hydrogen-bond acceptors (Lipinski definition) is 4. The molecule has 0 fully saturated rings. The first-order valence-electron chi connectivity index (χ1n) is 4.61. The van der Waals surface area contributed by atoms with Gasteiger partial charge in [0.2, 0.25) is 5.91 Å². The Hall–Kier alpha value is -1.29. The smallest absolute Gasteiger partial charge is 0.376 e.